The van der Waals surface area contributed by atoms with Crippen molar-refractivity contribution in [2.24, 2.45) is 5.16 Å². The smallest absolute Gasteiger partial charge is 0.131 e. The van der Waals surface area contributed by atoms with Crippen molar-refractivity contribution in [3.8, 4) is 11.5 Å². The van der Waals surface area contributed by atoms with Crippen molar-refractivity contribution in [3.63, 3.8) is 0 Å². The zero-order valence-corrected chi connectivity index (χ0v) is 9.64. The van der Waals surface area contributed by atoms with Crippen LogP contribution in [0.2, 0.25) is 0 Å². The van der Waals surface area contributed by atoms with Gasteiger partial charge in [-0.15, -0.1) is 0 Å². The minimum atomic E-state index is 0.649. The fraction of sp³-hybridized carbons (Fsp3) is 0.417. The Hall–Kier alpha value is -1.71. The summed E-state index contributed by atoms with van der Waals surface area (Å²) in [6.07, 6.45) is 3.42. The van der Waals surface area contributed by atoms with Crippen LogP contribution in [0.1, 0.15) is 25.3 Å². The maximum atomic E-state index is 8.52. The number of rotatable bonds is 6. The van der Waals surface area contributed by atoms with Gasteiger partial charge < -0.3 is 14.7 Å². The molecule has 88 valence electrons. The molecular formula is C12H17NO3. The van der Waals surface area contributed by atoms with E-state index in [-0.39, 0.29) is 0 Å². The van der Waals surface area contributed by atoms with E-state index in [0.29, 0.717) is 12.4 Å². The lowest BCUT2D eigenvalue weighted by Crippen LogP contribution is -2.00. The van der Waals surface area contributed by atoms with E-state index in [0.717, 1.165) is 24.2 Å². The third kappa shape index (κ3) is 3.46. The average molecular weight is 223 g/mol. The molecule has 4 nitrogen and oxygen atoms in total. The maximum Gasteiger partial charge on any atom is 0.131 e. The summed E-state index contributed by atoms with van der Waals surface area (Å²) in [5.41, 5.74) is 0.736. The van der Waals surface area contributed by atoms with E-state index < -0.39 is 0 Å². The van der Waals surface area contributed by atoms with Gasteiger partial charge >= 0.3 is 0 Å². The van der Waals surface area contributed by atoms with Gasteiger partial charge in [-0.2, -0.15) is 0 Å². The summed E-state index contributed by atoms with van der Waals surface area (Å²) in [5.74, 6) is 1.40. The van der Waals surface area contributed by atoms with Gasteiger partial charge in [0.05, 0.1) is 19.9 Å². The van der Waals surface area contributed by atoms with Crippen LogP contribution in [-0.4, -0.2) is 25.1 Å². The summed E-state index contributed by atoms with van der Waals surface area (Å²) in [5, 5.41) is 11.5. The molecule has 0 aliphatic heterocycles. The third-order valence-electron chi connectivity index (χ3n) is 2.17. The van der Waals surface area contributed by atoms with Crippen LogP contribution in [0, 0.1) is 0 Å². The second-order valence-corrected chi connectivity index (χ2v) is 3.35. The van der Waals surface area contributed by atoms with Gasteiger partial charge in [0, 0.05) is 11.6 Å². The number of oxime groups is 1. The second-order valence-electron chi connectivity index (χ2n) is 3.35. The molecule has 1 rings (SSSR count). The zero-order chi connectivity index (χ0) is 11.8. The highest BCUT2D eigenvalue weighted by atomic mass is 16.5. The van der Waals surface area contributed by atoms with Gasteiger partial charge in [0.1, 0.15) is 11.5 Å². The Kier molecular flexibility index (Phi) is 5.19. The van der Waals surface area contributed by atoms with Gasteiger partial charge in [-0.1, -0.05) is 18.5 Å². The predicted octanol–water partition coefficient (Wildman–Crippen LogP) is 2.68. The molecule has 1 aromatic rings. The summed E-state index contributed by atoms with van der Waals surface area (Å²) >= 11 is 0. The number of methoxy groups -OCH3 is 1. The second kappa shape index (κ2) is 6.71. The Balaban J connectivity index is 2.82. The van der Waals surface area contributed by atoms with Crippen LogP contribution >= 0.6 is 0 Å². The van der Waals surface area contributed by atoms with Crippen molar-refractivity contribution in [1.82, 2.24) is 0 Å². The van der Waals surface area contributed by atoms with Gasteiger partial charge in [-0.05, 0) is 18.6 Å². The molecule has 4 heteroatoms. The zero-order valence-electron chi connectivity index (χ0n) is 9.64. The quantitative estimate of drug-likeness (QED) is 0.349. The van der Waals surface area contributed by atoms with Crippen molar-refractivity contribution in [2.45, 2.75) is 19.8 Å². The monoisotopic (exact) mass is 223 g/mol. The van der Waals surface area contributed by atoms with Gasteiger partial charge in [-0.3, -0.25) is 0 Å². The van der Waals surface area contributed by atoms with Crippen molar-refractivity contribution >= 4 is 6.21 Å². The van der Waals surface area contributed by atoms with Crippen molar-refractivity contribution in [3.05, 3.63) is 23.8 Å². The maximum absolute atomic E-state index is 8.52. The Morgan fingerprint density at radius 2 is 2.25 bits per heavy atom. The molecule has 0 unspecified atom stereocenters. The molecule has 0 saturated heterocycles. The molecule has 1 aromatic carbocycles. The van der Waals surface area contributed by atoms with Crippen LogP contribution in [0.15, 0.2) is 23.4 Å². The van der Waals surface area contributed by atoms with Gasteiger partial charge in [0.15, 0.2) is 0 Å². The van der Waals surface area contributed by atoms with Crippen molar-refractivity contribution in [1.29, 1.82) is 0 Å². The van der Waals surface area contributed by atoms with E-state index in [1.165, 1.54) is 6.21 Å². The Labute approximate surface area is 95.5 Å². The van der Waals surface area contributed by atoms with E-state index in [1.807, 2.05) is 0 Å². The summed E-state index contributed by atoms with van der Waals surface area (Å²) in [6, 6.07) is 5.37. The van der Waals surface area contributed by atoms with Gasteiger partial charge in [0.25, 0.3) is 0 Å². The average Bonchev–Trinajstić information content (AvgIpc) is 2.31. The van der Waals surface area contributed by atoms with Crippen LogP contribution in [0.4, 0.5) is 0 Å². The summed E-state index contributed by atoms with van der Waals surface area (Å²) in [7, 11) is 1.60. The Bertz CT molecular complexity index is 350. The first kappa shape index (κ1) is 12.4. The Morgan fingerprint density at radius 1 is 1.44 bits per heavy atom. The van der Waals surface area contributed by atoms with Crippen LogP contribution in [0.25, 0.3) is 0 Å². The third-order valence-corrected chi connectivity index (χ3v) is 2.17. The first-order valence-corrected chi connectivity index (χ1v) is 5.30. The molecule has 0 saturated carbocycles. The summed E-state index contributed by atoms with van der Waals surface area (Å²) in [6.45, 7) is 2.75. The molecule has 0 radical (unpaired) electrons. The topological polar surface area (TPSA) is 51.0 Å². The lowest BCUT2D eigenvalue weighted by molar-refractivity contribution is 0.305. The number of hydrogen-bond acceptors (Lipinski definition) is 4. The SMILES string of the molecule is CCCCOc1cc(OC)ccc1C=NO. The summed E-state index contributed by atoms with van der Waals surface area (Å²) < 4.78 is 10.7. The molecular weight excluding hydrogens is 206 g/mol. The minimum absolute atomic E-state index is 0.649. The number of hydrogen-bond donors (Lipinski definition) is 1. The fourth-order valence-electron chi connectivity index (χ4n) is 1.26. The van der Waals surface area contributed by atoms with Gasteiger partial charge in [0.2, 0.25) is 0 Å². The fourth-order valence-corrected chi connectivity index (χ4v) is 1.26. The van der Waals surface area contributed by atoms with Crippen LogP contribution in [0.3, 0.4) is 0 Å². The van der Waals surface area contributed by atoms with Crippen molar-refractivity contribution < 1.29 is 14.7 Å². The molecule has 1 N–H and O–H groups in total. The Morgan fingerprint density at radius 3 is 2.88 bits per heavy atom. The number of ether oxygens (including phenoxy) is 2. The molecule has 0 atom stereocenters. The molecule has 0 aliphatic rings. The highest BCUT2D eigenvalue weighted by molar-refractivity contribution is 5.83. The van der Waals surface area contributed by atoms with E-state index >= 15 is 0 Å². The molecule has 0 fully saturated rings. The highest BCUT2D eigenvalue weighted by Gasteiger charge is 2.04. The predicted molar refractivity (Wildman–Crippen MR) is 62.8 cm³/mol. The molecule has 0 spiro atoms. The van der Waals surface area contributed by atoms with E-state index in [4.69, 9.17) is 14.7 Å². The van der Waals surface area contributed by atoms with Crippen LogP contribution < -0.4 is 9.47 Å². The van der Waals surface area contributed by atoms with E-state index in [1.54, 1.807) is 25.3 Å². The van der Waals surface area contributed by atoms with E-state index in [2.05, 4.69) is 12.1 Å². The molecule has 0 aromatic heterocycles. The lowest BCUT2D eigenvalue weighted by atomic mass is 10.2. The molecule has 0 bridgehead atoms. The number of nitrogens with zero attached hydrogens (tertiary/aromatic N) is 1. The number of unbranched alkanes of at least 4 members (excludes halogenated alkanes) is 1. The van der Waals surface area contributed by atoms with Crippen LogP contribution in [0.5, 0.6) is 11.5 Å². The van der Waals surface area contributed by atoms with E-state index in [9.17, 15) is 0 Å². The molecule has 16 heavy (non-hydrogen) atoms. The first-order valence-electron chi connectivity index (χ1n) is 5.30. The van der Waals surface area contributed by atoms with Crippen LogP contribution in [-0.2, 0) is 0 Å². The lowest BCUT2D eigenvalue weighted by Gasteiger charge is -2.09. The molecule has 0 amide bonds. The first-order chi connectivity index (χ1) is 7.81. The van der Waals surface area contributed by atoms with Gasteiger partial charge in [-0.25, -0.2) is 0 Å². The largest absolute Gasteiger partial charge is 0.497 e. The minimum Gasteiger partial charge on any atom is -0.497 e. The summed E-state index contributed by atoms with van der Waals surface area (Å²) in [4.78, 5) is 0. The molecule has 0 heterocycles. The molecule has 0 aliphatic carbocycles. The normalized spacial score (nSPS) is 10.6. The van der Waals surface area contributed by atoms with Crippen molar-refractivity contribution in [2.75, 3.05) is 13.7 Å². The highest BCUT2D eigenvalue weighted by Crippen LogP contribution is 2.23. The standard InChI is InChI=1S/C12H17NO3/c1-3-4-7-16-12-8-11(15-2)6-5-10(12)9-13-14/h5-6,8-9,14H,3-4,7H2,1-2H3. The number of benzene rings is 1.